The highest BCUT2D eigenvalue weighted by molar-refractivity contribution is 6.31. The highest BCUT2D eigenvalue weighted by Crippen LogP contribution is 2.43. The number of hydrogen-bond acceptors (Lipinski definition) is 3. The van der Waals surface area contributed by atoms with Gasteiger partial charge in [0.15, 0.2) is 0 Å². The molecule has 1 atom stereocenters. The average Bonchev–Trinajstić information content (AvgIpc) is 3.49. The summed E-state index contributed by atoms with van der Waals surface area (Å²) in [5.41, 5.74) is 6.00. The second-order valence-corrected chi connectivity index (χ2v) is 9.98. The molecule has 1 aromatic heterocycles. The molecule has 1 N–H and O–H groups in total. The molecule has 6 rings (SSSR count). The van der Waals surface area contributed by atoms with Crippen molar-refractivity contribution in [2.75, 3.05) is 0 Å². The zero-order valence-corrected chi connectivity index (χ0v) is 21.8. The molecule has 0 spiro atoms. The largest absolute Gasteiger partial charge is 0.489 e. The third-order valence-electron chi connectivity index (χ3n) is 6.73. The van der Waals surface area contributed by atoms with Gasteiger partial charge < -0.3 is 9.64 Å². The number of carbonyl (C=O) groups is 1. The van der Waals surface area contributed by atoms with Crippen LogP contribution in [0.3, 0.4) is 0 Å². The van der Waals surface area contributed by atoms with E-state index in [1.165, 1.54) is 0 Å². The van der Waals surface area contributed by atoms with E-state index in [-0.39, 0.29) is 11.9 Å². The van der Waals surface area contributed by atoms with Crippen LogP contribution in [0, 0.1) is 0 Å². The van der Waals surface area contributed by atoms with Crippen molar-refractivity contribution >= 4 is 29.1 Å². The molecule has 1 unspecified atom stereocenters. The highest BCUT2D eigenvalue weighted by atomic mass is 35.5. The van der Waals surface area contributed by atoms with Crippen molar-refractivity contribution in [3.63, 3.8) is 0 Å². The maximum absolute atomic E-state index is 13.6. The summed E-state index contributed by atoms with van der Waals surface area (Å²) in [6.45, 7) is 0.801. The third-order valence-corrected chi connectivity index (χ3v) is 7.35. The molecule has 0 saturated carbocycles. The molecule has 0 fully saturated rings. The molecule has 5 aromatic rings. The maximum Gasteiger partial charge on any atom is 0.273 e. The first-order valence-corrected chi connectivity index (χ1v) is 13.0. The number of amides is 1. The predicted molar refractivity (Wildman–Crippen MR) is 149 cm³/mol. The highest BCUT2D eigenvalue weighted by Gasteiger charge is 2.42. The fourth-order valence-corrected chi connectivity index (χ4v) is 5.15. The Bertz CT molecular complexity index is 1580. The maximum atomic E-state index is 13.6. The first-order chi connectivity index (χ1) is 18.6. The Morgan fingerprint density at radius 1 is 0.842 bits per heavy atom. The Labute approximate surface area is 230 Å². The Hall–Kier alpha value is -4.06. The van der Waals surface area contributed by atoms with Gasteiger partial charge >= 0.3 is 0 Å². The van der Waals surface area contributed by atoms with Crippen molar-refractivity contribution in [1.29, 1.82) is 0 Å². The molecule has 5 nitrogen and oxygen atoms in total. The number of hydrogen-bond donors (Lipinski definition) is 1. The molecule has 4 aromatic carbocycles. The standard InChI is InChI=1S/C31H23Cl2N3O2/c32-24-14-10-20(11-15-24)18-36-30(27-28(21-6-2-1-3-7-21)34-35-29(27)31(36)37)22-12-16-25(17-13-22)38-19-23-8-4-5-9-26(23)33/h1-17,30H,18-19H2,(H,34,35). The minimum atomic E-state index is -0.320. The monoisotopic (exact) mass is 539 g/mol. The molecule has 38 heavy (non-hydrogen) atoms. The second kappa shape index (κ2) is 10.4. The fourth-order valence-electron chi connectivity index (χ4n) is 4.83. The van der Waals surface area contributed by atoms with Crippen LogP contribution in [0.4, 0.5) is 0 Å². The van der Waals surface area contributed by atoms with E-state index in [1.807, 2.05) is 108 Å². The number of rotatable bonds is 7. The van der Waals surface area contributed by atoms with Gasteiger partial charge in [0.2, 0.25) is 0 Å². The summed E-state index contributed by atoms with van der Waals surface area (Å²) >= 11 is 12.4. The van der Waals surface area contributed by atoms with Gasteiger partial charge in [0.25, 0.3) is 5.91 Å². The van der Waals surface area contributed by atoms with E-state index in [9.17, 15) is 4.79 Å². The normalized spacial score (nSPS) is 14.5. The van der Waals surface area contributed by atoms with Gasteiger partial charge in [-0.3, -0.25) is 9.89 Å². The molecule has 1 aliphatic heterocycles. The molecule has 0 bridgehead atoms. The predicted octanol–water partition coefficient (Wildman–Crippen LogP) is 7.71. The smallest absolute Gasteiger partial charge is 0.273 e. The van der Waals surface area contributed by atoms with Crippen molar-refractivity contribution in [3.05, 3.63) is 141 Å². The Morgan fingerprint density at radius 2 is 1.55 bits per heavy atom. The van der Waals surface area contributed by atoms with E-state index in [1.54, 1.807) is 0 Å². The summed E-state index contributed by atoms with van der Waals surface area (Å²) in [6, 6.07) is 32.7. The summed E-state index contributed by atoms with van der Waals surface area (Å²) in [5, 5.41) is 8.90. The lowest BCUT2D eigenvalue weighted by Gasteiger charge is -2.26. The van der Waals surface area contributed by atoms with Crippen LogP contribution >= 0.6 is 23.2 Å². The van der Waals surface area contributed by atoms with Crippen LogP contribution in [0.5, 0.6) is 5.75 Å². The lowest BCUT2D eigenvalue weighted by atomic mass is 9.96. The van der Waals surface area contributed by atoms with Gasteiger partial charge in [-0.05, 0) is 41.5 Å². The quantitative estimate of drug-likeness (QED) is 0.230. The Morgan fingerprint density at radius 3 is 2.29 bits per heavy atom. The van der Waals surface area contributed by atoms with E-state index in [4.69, 9.17) is 27.9 Å². The molecule has 188 valence electrons. The lowest BCUT2D eigenvalue weighted by Crippen LogP contribution is -2.29. The summed E-state index contributed by atoms with van der Waals surface area (Å²) < 4.78 is 6.00. The van der Waals surface area contributed by atoms with Gasteiger partial charge in [0.05, 0.1) is 11.7 Å². The number of H-pyrrole nitrogens is 1. The zero-order valence-electron chi connectivity index (χ0n) is 20.3. The van der Waals surface area contributed by atoms with Crippen LogP contribution < -0.4 is 4.74 Å². The van der Waals surface area contributed by atoms with E-state index < -0.39 is 0 Å². The SMILES string of the molecule is O=C1c2[nH]nc(-c3ccccc3)c2C(c2ccc(OCc3ccccc3Cl)cc2)N1Cc1ccc(Cl)cc1. The van der Waals surface area contributed by atoms with E-state index in [0.29, 0.717) is 28.9 Å². The van der Waals surface area contributed by atoms with Crippen molar-refractivity contribution in [2.24, 2.45) is 0 Å². The van der Waals surface area contributed by atoms with Crippen LogP contribution in [0.1, 0.15) is 38.8 Å². The van der Waals surface area contributed by atoms with E-state index >= 15 is 0 Å². The number of nitrogens with one attached hydrogen (secondary N) is 1. The fraction of sp³-hybridized carbons (Fsp3) is 0.0968. The first kappa shape index (κ1) is 24.3. The molecule has 0 radical (unpaired) electrons. The lowest BCUT2D eigenvalue weighted by molar-refractivity contribution is 0.0730. The van der Waals surface area contributed by atoms with Gasteiger partial charge in [-0.25, -0.2) is 0 Å². The minimum absolute atomic E-state index is 0.0892. The van der Waals surface area contributed by atoms with Crippen molar-refractivity contribution in [3.8, 4) is 17.0 Å². The van der Waals surface area contributed by atoms with Crippen LogP contribution in [0.2, 0.25) is 10.0 Å². The number of halogens is 2. The van der Waals surface area contributed by atoms with Crippen LogP contribution in [0.25, 0.3) is 11.3 Å². The van der Waals surface area contributed by atoms with Crippen LogP contribution in [-0.4, -0.2) is 21.0 Å². The number of aromatic nitrogens is 2. The molecular weight excluding hydrogens is 517 g/mol. The summed E-state index contributed by atoms with van der Waals surface area (Å²) in [5.74, 6) is 0.631. The molecule has 0 saturated heterocycles. The molecular formula is C31H23Cl2N3O2. The first-order valence-electron chi connectivity index (χ1n) is 12.2. The number of fused-ring (bicyclic) bond motifs is 1. The van der Waals surface area contributed by atoms with Gasteiger partial charge in [-0.2, -0.15) is 5.10 Å². The number of carbonyl (C=O) groups excluding carboxylic acids is 1. The molecule has 1 aliphatic rings. The van der Waals surface area contributed by atoms with Gasteiger partial charge in [0.1, 0.15) is 18.1 Å². The van der Waals surface area contributed by atoms with Gasteiger partial charge in [-0.1, -0.05) is 96.0 Å². The Kier molecular flexibility index (Phi) is 6.62. The van der Waals surface area contributed by atoms with E-state index in [2.05, 4.69) is 10.2 Å². The molecule has 1 amide bonds. The van der Waals surface area contributed by atoms with Gasteiger partial charge in [0, 0.05) is 33.3 Å². The van der Waals surface area contributed by atoms with Crippen LogP contribution in [0.15, 0.2) is 103 Å². The zero-order chi connectivity index (χ0) is 26.1. The van der Waals surface area contributed by atoms with Gasteiger partial charge in [-0.15, -0.1) is 0 Å². The number of nitrogens with zero attached hydrogens (tertiary/aromatic N) is 2. The average molecular weight is 540 g/mol. The van der Waals surface area contributed by atoms with Crippen LogP contribution in [-0.2, 0) is 13.2 Å². The second-order valence-electron chi connectivity index (χ2n) is 9.14. The summed E-state index contributed by atoms with van der Waals surface area (Å²) in [6.07, 6.45) is 0. The summed E-state index contributed by atoms with van der Waals surface area (Å²) in [7, 11) is 0. The topological polar surface area (TPSA) is 58.2 Å². The van der Waals surface area contributed by atoms with Crippen molar-refractivity contribution < 1.29 is 9.53 Å². The Balaban J connectivity index is 1.35. The minimum Gasteiger partial charge on any atom is -0.489 e. The molecule has 7 heteroatoms. The number of ether oxygens (including phenoxy) is 1. The van der Waals surface area contributed by atoms with E-state index in [0.717, 1.165) is 39.3 Å². The van der Waals surface area contributed by atoms with Crippen molar-refractivity contribution in [1.82, 2.24) is 15.1 Å². The third kappa shape index (κ3) is 4.67. The molecule has 2 heterocycles. The number of benzene rings is 4. The summed E-state index contributed by atoms with van der Waals surface area (Å²) in [4.78, 5) is 15.5. The van der Waals surface area contributed by atoms with Crippen molar-refractivity contribution in [2.45, 2.75) is 19.2 Å². The molecule has 0 aliphatic carbocycles. The number of aromatic amines is 1.